The molecule has 2 N–H and O–H groups in total. The van der Waals surface area contributed by atoms with Crippen molar-refractivity contribution in [2.24, 2.45) is 11.8 Å². The van der Waals surface area contributed by atoms with Gasteiger partial charge < -0.3 is 24.8 Å². The molecule has 140 valence electrons. The summed E-state index contributed by atoms with van der Waals surface area (Å²) in [5, 5.41) is 11.8. The largest absolute Gasteiger partial charge is 0.486 e. The number of carboxylic acids is 1. The van der Waals surface area contributed by atoms with Crippen LogP contribution in [0.15, 0.2) is 18.2 Å². The van der Waals surface area contributed by atoms with Gasteiger partial charge in [0.2, 0.25) is 11.8 Å². The van der Waals surface area contributed by atoms with Crippen LogP contribution < -0.4 is 14.8 Å². The maximum atomic E-state index is 12.5. The molecule has 1 aromatic carbocycles. The molecule has 2 unspecified atom stereocenters. The third kappa shape index (κ3) is 3.74. The SMILES string of the molecule is CCN(CC(=O)Nc1ccc2c(c1)OCCO2)C(=O)C1CCC1C(=O)O. The Labute approximate surface area is 151 Å². The number of likely N-dealkylation sites (N-methyl/N-ethyl adjacent to an activating group) is 1. The van der Waals surface area contributed by atoms with E-state index < -0.39 is 17.8 Å². The van der Waals surface area contributed by atoms with Crippen LogP contribution in [0.1, 0.15) is 19.8 Å². The number of rotatable bonds is 6. The predicted octanol–water partition coefficient (Wildman–Crippen LogP) is 1.36. The summed E-state index contributed by atoms with van der Waals surface area (Å²) in [5.41, 5.74) is 0.551. The summed E-state index contributed by atoms with van der Waals surface area (Å²) in [6.45, 7) is 2.94. The fourth-order valence-corrected chi connectivity index (χ4v) is 3.17. The number of nitrogens with zero attached hydrogens (tertiary/aromatic N) is 1. The van der Waals surface area contributed by atoms with Crippen molar-refractivity contribution in [2.45, 2.75) is 19.8 Å². The fourth-order valence-electron chi connectivity index (χ4n) is 3.17. The normalized spacial score (nSPS) is 20.7. The van der Waals surface area contributed by atoms with Gasteiger partial charge in [-0.05, 0) is 31.9 Å². The van der Waals surface area contributed by atoms with Crippen LogP contribution in [0, 0.1) is 11.8 Å². The highest BCUT2D eigenvalue weighted by molar-refractivity contribution is 5.96. The average Bonchev–Trinajstić information content (AvgIpc) is 2.58. The molecule has 2 amide bonds. The minimum Gasteiger partial charge on any atom is -0.486 e. The number of hydrogen-bond acceptors (Lipinski definition) is 5. The quantitative estimate of drug-likeness (QED) is 0.792. The van der Waals surface area contributed by atoms with Crippen LogP contribution in [0.25, 0.3) is 0 Å². The van der Waals surface area contributed by atoms with E-state index >= 15 is 0 Å². The lowest BCUT2D eigenvalue weighted by Crippen LogP contribution is -2.48. The van der Waals surface area contributed by atoms with Crippen LogP contribution in [-0.2, 0) is 14.4 Å². The van der Waals surface area contributed by atoms with E-state index in [1.807, 2.05) is 0 Å². The molecule has 1 fully saturated rings. The Balaban J connectivity index is 1.59. The first-order chi connectivity index (χ1) is 12.5. The standard InChI is InChI=1S/C18H22N2O6/c1-2-20(17(22)12-4-5-13(12)18(23)24)10-16(21)19-11-3-6-14-15(9-11)26-8-7-25-14/h3,6,9,12-13H,2,4-5,7-8,10H2,1H3,(H,19,21)(H,23,24). The summed E-state index contributed by atoms with van der Waals surface area (Å²) < 4.78 is 10.9. The Morgan fingerprint density at radius 2 is 1.85 bits per heavy atom. The van der Waals surface area contributed by atoms with Crippen molar-refractivity contribution in [3.63, 3.8) is 0 Å². The first-order valence-electron chi connectivity index (χ1n) is 8.70. The molecule has 26 heavy (non-hydrogen) atoms. The van der Waals surface area contributed by atoms with E-state index in [9.17, 15) is 14.4 Å². The average molecular weight is 362 g/mol. The number of benzene rings is 1. The first-order valence-corrected chi connectivity index (χ1v) is 8.70. The van der Waals surface area contributed by atoms with Crippen LogP contribution in [0.5, 0.6) is 11.5 Å². The minimum atomic E-state index is -0.952. The molecule has 1 aliphatic carbocycles. The van der Waals surface area contributed by atoms with Gasteiger partial charge in [-0.1, -0.05) is 0 Å². The molecule has 0 bridgehead atoms. The Hall–Kier alpha value is -2.77. The van der Waals surface area contributed by atoms with Gasteiger partial charge in [0.05, 0.1) is 18.4 Å². The highest BCUT2D eigenvalue weighted by Crippen LogP contribution is 2.36. The number of carbonyl (C=O) groups excluding carboxylic acids is 2. The highest BCUT2D eigenvalue weighted by atomic mass is 16.6. The van der Waals surface area contributed by atoms with Crippen LogP contribution in [0.2, 0.25) is 0 Å². The monoisotopic (exact) mass is 362 g/mol. The molecule has 3 rings (SSSR count). The third-order valence-corrected chi connectivity index (χ3v) is 4.76. The zero-order valence-corrected chi connectivity index (χ0v) is 14.6. The van der Waals surface area contributed by atoms with E-state index in [2.05, 4.69) is 5.32 Å². The number of anilines is 1. The number of hydrogen-bond donors (Lipinski definition) is 2. The van der Waals surface area contributed by atoms with E-state index in [4.69, 9.17) is 14.6 Å². The van der Waals surface area contributed by atoms with Crippen molar-refractivity contribution in [2.75, 3.05) is 31.6 Å². The Morgan fingerprint density at radius 1 is 1.15 bits per heavy atom. The predicted molar refractivity (Wildman–Crippen MR) is 92.2 cm³/mol. The zero-order valence-electron chi connectivity index (χ0n) is 14.6. The van der Waals surface area contributed by atoms with Gasteiger partial charge in [0.15, 0.2) is 11.5 Å². The van der Waals surface area contributed by atoms with Crippen LogP contribution in [-0.4, -0.2) is 54.1 Å². The molecule has 0 aromatic heterocycles. The molecular formula is C18H22N2O6. The maximum Gasteiger partial charge on any atom is 0.307 e. The van der Waals surface area contributed by atoms with E-state index in [-0.39, 0.29) is 18.4 Å². The van der Waals surface area contributed by atoms with Crippen molar-refractivity contribution in [1.29, 1.82) is 0 Å². The van der Waals surface area contributed by atoms with Gasteiger partial charge >= 0.3 is 5.97 Å². The molecule has 0 spiro atoms. The number of fused-ring (bicyclic) bond motifs is 1. The van der Waals surface area contributed by atoms with Crippen molar-refractivity contribution < 1.29 is 29.0 Å². The van der Waals surface area contributed by atoms with Crippen LogP contribution in [0.3, 0.4) is 0 Å². The van der Waals surface area contributed by atoms with Crippen molar-refractivity contribution in [3.05, 3.63) is 18.2 Å². The van der Waals surface area contributed by atoms with Gasteiger partial charge in [0.1, 0.15) is 13.2 Å². The molecule has 1 heterocycles. The summed E-state index contributed by atoms with van der Waals surface area (Å²) in [4.78, 5) is 37.3. The summed E-state index contributed by atoms with van der Waals surface area (Å²) in [7, 11) is 0. The smallest absolute Gasteiger partial charge is 0.307 e. The van der Waals surface area contributed by atoms with Crippen LogP contribution in [0.4, 0.5) is 5.69 Å². The Kier molecular flexibility index (Phi) is 5.29. The summed E-state index contributed by atoms with van der Waals surface area (Å²) in [6.07, 6.45) is 1.06. The number of amides is 2. The topological polar surface area (TPSA) is 105 Å². The maximum absolute atomic E-state index is 12.5. The molecule has 0 saturated heterocycles. The Bertz CT molecular complexity index is 720. The van der Waals surface area contributed by atoms with E-state index in [1.54, 1.807) is 25.1 Å². The highest BCUT2D eigenvalue weighted by Gasteiger charge is 2.43. The van der Waals surface area contributed by atoms with Gasteiger partial charge in [-0.15, -0.1) is 0 Å². The van der Waals surface area contributed by atoms with Crippen molar-refractivity contribution in [1.82, 2.24) is 4.90 Å². The number of carbonyl (C=O) groups is 3. The number of aliphatic carboxylic acids is 1. The second kappa shape index (κ2) is 7.63. The van der Waals surface area contributed by atoms with E-state index in [0.29, 0.717) is 49.8 Å². The number of nitrogens with one attached hydrogen (secondary N) is 1. The molecule has 1 aliphatic heterocycles. The van der Waals surface area contributed by atoms with Gasteiger partial charge in [0, 0.05) is 18.3 Å². The van der Waals surface area contributed by atoms with Gasteiger partial charge in [-0.3, -0.25) is 14.4 Å². The second-order valence-corrected chi connectivity index (χ2v) is 6.39. The number of carboxylic acid groups (broad SMARTS) is 1. The second-order valence-electron chi connectivity index (χ2n) is 6.39. The fraction of sp³-hybridized carbons (Fsp3) is 0.500. The molecule has 2 atom stereocenters. The Morgan fingerprint density at radius 3 is 2.46 bits per heavy atom. The lowest BCUT2D eigenvalue weighted by Gasteiger charge is -2.35. The lowest BCUT2D eigenvalue weighted by atomic mass is 9.73. The van der Waals surface area contributed by atoms with Gasteiger partial charge in [-0.25, -0.2) is 0 Å². The van der Waals surface area contributed by atoms with E-state index in [0.717, 1.165) is 0 Å². The van der Waals surface area contributed by atoms with E-state index in [1.165, 1.54) is 4.90 Å². The molecular weight excluding hydrogens is 340 g/mol. The van der Waals surface area contributed by atoms with Gasteiger partial charge in [0.25, 0.3) is 0 Å². The molecule has 0 radical (unpaired) electrons. The summed E-state index contributed by atoms with van der Waals surface area (Å²) >= 11 is 0. The van der Waals surface area contributed by atoms with Gasteiger partial charge in [-0.2, -0.15) is 0 Å². The molecule has 1 aromatic rings. The summed E-state index contributed by atoms with van der Waals surface area (Å²) in [6, 6.07) is 5.10. The first kappa shape index (κ1) is 18.0. The molecule has 2 aliphatic rings. The minimum absolute atomic E-state index is 0.118. The zero-order chi connectivity index (χ0) is 18.7. The molecule has 8 nitrogen and oxygen atoms in total. The lowest BCUT2D eigenvalue weighted by molar-refractivity contribution is -0.156. The third-order valence-electron chi connectivity index (χ3n) is 4.76. The summed E-state index contributed by atoms with van der Waals surface area (Å²) in [5.74, 6) is -1.55. The number of ether oxygens (including phenoxy) is 2. The van der Waals surface area contributed by atoms with Crippen LogP contribution >= 0.6 is 0 Å². The molecule has 1 saturated carbocycles. The molecule has 8 heteroatoms. The van der Waals surface area contributed by atoms with Crippen molar-refractivity contribution >= 4 is 23.5 Å². The van der Waals surface area contributed by atoms with Crippen molar-refractivity contribution in [3.8, 4) is 11.5 Å².